The van der Waals surface area contributed by atoms with Crippen LogP contribution in [0.25, 0.3) is 10.9 Å². The molecule has 0 radical (unpaired) electrons. The molecule has 0 spiro atoms. The molecule has 1 amide bonds. The van der Waals surface area contributed by atoms with Crippen molar-refractivity contribution in [1.82, 2.24) is 20.4 Å². The molecule has 0 aliphatic carbocycles. The lowest BCUT2D eigenvalue weighted by molar-refractivity contribution is 0.0523. The fourth-order valence-electron chi connectivity index (χ4n) is 4.50. The molecule has 0 saturated carbocycles. The second-order valence-electron chi connectivity index (χ2n) is 9.91. The van der Waals surface area contributed by atoms with Crippen LogP contribution in [0, 0.1) is 5.92 Å². The maximum absolute atomic E-state index is 11.9. The number of aromatic nitrogens is 2. The van der Waals surface area contributed by atoms with Crippen LogP contribution in [0.2, 0.25) is 0 Å². The SMILES string of the molecule is CC(C)(C)OC(=O)NCc1cccc(CN2CCCC(Cc3ccc4[nH]ncc4c3)C2)c1. The van der Waals surface area contributed by atoms with Crippen LogP contribution in [0.4, 0.5) is 4.79 Å². The third-order valence-electron chi connectivity index (χ3n) is 5.87. The highest BCUT2D eigenvalue weighted by Crippen LogP contribution is 2.24. The predicted molar refractivity (Wildman–Crippen MR) is 127 cm³/mol. The normalized spacial score (nSPS) is 17.4. The fraction of sp³-hybridized carbons (Fsp3) is 0.462. The minimum atomic E-state index is -0.485. The molecule has 2 heterocycles. The van der Waals surface area contributed by atoms with E-state index >= 15 is 0 Å². The number of H-pyrrole nitrogens is 1. The van der Waals surface area contributed by atoms with E-state index in [1.165, 1.54) is 29.4 Å². The summed E-state index contributed by atoms with van der Waals surface area (Å²) in [7, 11) is 0. The number of rotatable bonds is 6. The molecular formula is C26H34N4O2. The number of amides is 1. The van der Waals surface area contributed by atoms with Gasteiger partial charge in [-0.3, -0.25) is 10.00 Å². The van der Waals surface area contributed by atoms with Gasteiger partial charge in [-0.05, 0) is 81.3 Å². The van der Waals surface area contributed by atoms with Crippen molar-refractivity contribution < 1.29 is 9.53 Å². The van der Waals surface area contributed by atoms with Gasteiger partial charge in [-0.1, -0.05) is 30.3 Å². The molecule has 1 aliphatic rings. The summed E-state index contributed by atoms with van der Waals surface area (Å²) in [6, 6.07) is 15.1. The van der Waals surface area contributed by atoms with Gasteiger partial charge in [0, 0.05) is 25.0 Å². The van der Waals surface area contributed by atoms with Gasteiger partial charge in [-0.2, -0.15) is 5.10 Å². The van der Waals surface area contributed by atoms with Crippen molar-refractivity contribution in [3.63, 3.8) is 0 Å². The lowest BCUT2D eigenvalue weighted by Crippen LogP contribution is -2.35. The molecule has 1 unspecified atom stereocenters. The zero-order valence-corrected chi connectivity index (χ0v) is 19.4. The molecule has 2 N–H and O–H groups in total. The minimum absolute atomic E-state index is 0.379. The number of alkyl carbamates (subject to hydrolysis) is 1. The minimum Gasteiger partial charge on any atom is -0.444 e. The Labute approximate surface area is 190 Å². The van der Waals surface area contributed by atoms with Gasteiger partial charge in [0.05, 0.1) is 11.7 Å². The largest absolute Gasteiger partial charge is 0.444 e. The van der Waals surface area contributed by atoms with Crippen molar-refractivity contribution >= 4 is 17.0 Å². The molecule has 1 saturated heterocycles. The third-order valence-corrected chi connectivity index (χ3v) is 5.87. The first kappa shape index (κ1) is 22.3. The van der Waals surface area contributed by atoms with Gasteiger partial charge >= 0.3 is 6.09 Å². The molecule has 6 heteroatoms. The van der Waals surface area contributed by atoms with E-state index in [0.717, 1.165) is 37.1 Å². The quantitative estimate of drug-likeness (QED) is 0.570. The number of fused-ring (bicyclic) bond motifs is 1. The molecule has 1 aromatic heterocycles. The summed E-state index contributed by atoms with van der Waals surface area (Å²) < 4.78 is 5.33. The maximum Gasteiger partial charge on any atom is 0.407 e. The first-order valence-electron chi connectivity index (χ1n) is 11.5. The summed E-state index contributed by atoms with van der Waals surface area (Å²) in [6.45, 7) is 9.28. The fourth-order valence-corrected chi connectivity index (χ4v) is 4.50. The van der Waals surface area contributed by atoms with Crippen LogP contribution < -0.4 is 5.32 Å². The Kier molecular flexibility index (Phi) is 6.80. The Bertz CT molecular complexity index is 1050. The van der Waals surface area contributed by atoms with Crippen molar-refractivity contribution in [2.75, 3.05) is 13.1 Å². The van der Waals surface area contributed by atoms with Crippen LogP contribution in [0.3, 0.4) is 0 Å². The molecule has 32 heavy (non-hydrogen) atoms. The van der Waals surface area contributed by atoms with Crippen molar-refractivity contribution in [3.8, 4) is 0 Å². The summed E-state index contributed by atoms with van der Waals surface area (Å²) in [6.07, 6.45) is 5.14. The molecule has 3 aromatic rings. The molecule has 4 rings (SSSR count). The van der Waals surface area contributed by atoms with Crippen LogP contribution in [0.1, 0.15) is 50.3 Å². The second kappa shape index (κ2) is 9.74. The maximum atomic E-state index is 11.9. The topological polar surface area (TPSA) is 70.2 Å². The van der Waals surface area contributed by atoms with Gasteiger partial charge in [0.2, 0.25) is 0 Å². The molecule has 0 bridgehead atoms. The summed E-state index contributed by atoms with van der Waals surface area (Å²) in [4.78, 5) is 14.5. The van der Waals surface area contributed by atoms with Crippen molar-refractivity contribution in [2.24, 2.45) is 5.92 Å². The number of carbonyl (C=O) groups is 1. The highest BCUT2D eigenvalue weighted by molar-refractivity contribution is 5.78. The highest BCUT2D eigenvalue weighted by atomic mass is 16.6. The molecular weight excluding hydrogens is 400 g/mol. The number of likely N-dealkylation sites (tertiary alicyclic amines) is 1. The van der Waals surface area contributed by atoms with Gasteiger partial charge < -0.3 is 10.1 Å². The molecule has 1 atom stereocenters. The zero-order chi connectivity index (χ0) is 22.6. The Morgan fingerprint density at radius 1 is 1.19 bits per heavy atom. The van der Waals surface area contributed by atoms with Gasteiger partial charge in [-0.15, -0.1) is 0 Å². The number of aromatic amines is 1. The number of nitrogens with zero attached hydrogens (tertiary/aromatic N) is 2. The van der Waals surface area contributed by atoms with Crippen LogP contribution in [-0.4, -0.2) is 39.9 Å². The summed E-state index contributed by atoms with van der Waals surface area (Å²) >= 11 is 0. The average Bonchev–Trinajstić information content (AvgIpc) is 3.20. The van der Waals surface area contributed by atoms with Crippen LogP contribution in [0.15, 0.2) is 48.7 Å². The second-order valence-corrected chi connectivity index (χ2v) is 9.91. The number of nitrogens with one attached hydrogen (secondary N) is 2. The Morgan fingerprint density at radius 3 is 2.88 bits per heavy atom. The van der Waals surface area contributed by atoms with E-state index in [9.17, 15) is 4.79 Å². The van der Waals surface area contributed by atoms with Crippen molar-refractivity contribution in [3.05, 3.63) is 65.4 Å². The number of hydrogen-bond acceptors (Lipinski definition) is 4. The third kappa shape index (κ3) is 6.33. The molecule has 1 aliphatic heterocycles. The zero-order valence-electron chi connectivity index (χ0n) is 19.4. The Balaban J connectivity index is 1.30. The number of piperidine rings is 1. The number of hydrogen-bond donors (Lipinski definition) is 2. The molecule has 6 nitrogen and oxygen atoms in total. The average molecular weight is 435 g/mol. The summed E-state index contributed by atoms with van der Waals surface area (Å²) in [5.41, 5.74) is 4.38. The summed E-state index contributed by atoms with van der Waals surface area (Å²) in [5, 5.41) is 11.2. The first-order valence-corrected chi connectivity index (χ1v) is 11.5. The van der Waals surface area contributed by atoms with Crippen LogP contribution in [-0.2, 0) is 24.2 Å². The smallest absolute Gasteiger partial charge is 0.407 e. The van der Waals surface area contributed by atoms with E-state index in [1.807, 2.05) is 33.0 Å². The lowest BCUT2D eigenvalue weighted by atomic mass is 9.90. The van der Waals surface area contributed by atoms with Crippen LogP contribution >= 0.6 is 0 Å². The van der Waals surface area contributed by atoms with E-state index in [2.05, 4.69) is 56.8 Å². The number of ether oxygens (including phenoxy) is 1. The Hall–Kier alpha value is -2.86. The number of benzene rings is 2. The molecule has 170 valence electrons. The number of carbonyl (C=O) groups excluding carboxylic acids is 1. The van der Waals surface area contributed by atoms with Gasteiger partial charge in [0.15, 0.2) is 0 Å². The summed E-state index contributed by atoms with van der Waals surface area (Å²) in [5.74, 6) is 0.671. The lowest BCUT2D eigenvalue weighted by Gasteiger charge is -2.33. The molecule has 2 aromatic carbocycles. The van der Waals surface area contributed by atoms with E-state index in [-0.39, 0.29) is 6.09 Å². The van der Waals surface area contributed by atoms with Gasteiger partial charge in [0.25, 0.3) is 0 Å². The highest BCUT2D eigenvalue weighted by Gasteiger charge is 2.21. The predicted octanol–water partition coefficient (Wildman–Crippen LogP) is 5.04. The van der Waals surface area contributed by atoms with E-state index < -0.39 is 5.60 Å². The van der Waals surface area contributed by atoms with E-state index in [0.29, 0.717) is 12.5 Å². The van der Waals surface area contributed by atoms with E-state index in [4.69, 9.17) is 4.74 Å². The Morgan fingerprint density at radius 2 is 2.03 bits per heavy atom. The van der Waals surface area contributed by atoms with Crippen molar-refractivity contribution in [2.45, 2.75) is 58.7 Å². The van der Waals surface area contributed by atoms with Crippen LogP contribution in [0.5, 0.6) is 0 Å². The van der Waals surface area contributed by atoms with Gasteiger partial charge in [0.1, 0.15) is 5.60 Å². The van der Waals surface area contributed by atoms with Gasteiger partial charge in [-0.25, -0.2) is 4.79 Å². The van der Waals surface area contributed by atoms with Crippen molar-refractivity contribution in [1.29, 1.82) is 0 Å². The standard InChI is InChI=1S/C26H34N4O2/c1-26(2,3)32-25(31)27-15-20-6-4-7-21(13-20)17-30-11-5-8-22(18-30)12-19-9-10-24-23(14-19)16-28-29-24/h4,6-7,9-10,13-14,16,22H,5,8,11-12,15,17-18H2,1-3H3,(H,27,31)(H,28,29). The van der Waals surface area contributed by atoms with E-state index in [1.54, 1.807) is 0 Å². The molecule has 1 fully saturated rings. The monoisotopic (exact) mass is 434 g/mol. The first-order chi connectivity index (χ1) is 15.3.